The summed E-state index contributed by atoms with van der Waals surface area (Å²) in [5.41, 5.74) is 1.52. The summed E-state index contributed by atoms with van der Waals surface area (Å²) in [7, 11) is -2.06. The van der Waals surface area contributed by atoms with Crippen LogP contribution in [-0.2, 0) is 14.8 Å². The molecule has 3 rings (SSSR count). The van der Waals surface area contributed by atoms with Gasteiger partial charge < -0.3 is 10.1 Å². The first-order valence-electron chi connectivity index (χ1n) is 8.61. The van der Waals surface area contributed by atoms with Crippen molar-refractivity contribution < 1.29 is 22.7 Å². The van der Waals surface area contributed by atoms with Gasteiger partial charge in [-0.05, 0) is 55.3 Å². The van der Waals surface area contributed by atoms with Crippen molar-refractivity contribution in [2.24, 2.45) is 0 Å². The number of amides is 1. The molecule has 1 heterocycles. The number of sulfonamides is 1. The number of rotatable bonds is 4. The molecule has 148 valence electrons. The largest absolute Gasteiger partial charge is 0.465 e. The number of esters is 1. The minimum atomic E-state index is -3.35. The van der Waals surface area contributed by atoms with Gasteiger partial charge in [0.05, 0.1) is 34.7 Å². The van der Waals surface area contributed by atoms with E-state index in [9.17, 15) is 18.0 Å². The Morgan fingerprint density at radius 3 is 2.43 bits per heavy atom. The molecular formula is C19H19ClN2O5S. The van der Waals surface area contributed by atoms with Crippen LogP contribution >= 0.6 is 11.6 Å². The number of halogens is 1. The van der Waals surface area contributed by atoms with Crippen LogP contribution in [0, 0.1) is 0 Å². The van der Waals surface area contributed by atoms with Crippen molar-refractivity contribution in [3.05, 3.63) is 58.6 Å². The smallest absolute Gasteiger partial charge is 0.337 e. The van der Waals surface area contributed by atoms with E-state index in [-0.39, 0.29) is 16.3 Å². The highest BCUT2D eigenvalue weighted by molar-refractivity contribution is 7.92. The molecule has 1 aliphatic heterocycles. The van der Waals surface area contributed by atoms with Crippen molar-refractivity contribution in [2.45, 2.75) is 12.8 Å². The molecule has 1 N–H and O–H groups in total. The van der Waals surface area contributed by atoms with E-state index in [0.29, 0.717) is 29.9 Å². The van der Waals surface area contributed by atoms with Crippen LogP contribution in [0.15, 0.2) is 42.5 Å². The first kappa shape index (κ1) is 20.2. The zero-order chi connectivity index (χ0) is 20.3. The van der Waals surface area contributed by atoms with Gasteiger partial charge in [-0.1, -0.05) is 11.6 Å². The summed E-state index contributed by atoms with van der Waals surface area (Å²) < 4.78 is 30.4. The van der Waals surface area contributed by atoms with Crippen LogP contribution in [-0.4, -0.2) is 39.7 Å². The van der Waals surface area contributed by atoms with Crippen molar-refractivity contribution in [1.29, 1.82) is 0 Å². The number of hydrogen-bond acceptors (Lipinski definition) is 5. The maximum atomic E-state index is 12.5. The van der Waals surface area contributed by atoms with Crippen molar-refractivity contribution in [3.63, 3.8) is 0 Å². The molecule has 0 unspecified atom stereocenters. The summed E-state index contributed by atoms with van der Waals surface area (Å²) in [6.45, 7) is 0.400. The molecule has 2 aromatic carbocycles. The second kappa shape index (κ2) is 8.20. The predicted molar refractivity (Wildman–Crippen MR) is 108 cm³/mol. The maximum absolute atomic E-state index is 12.5. The SMILES string of the molecule is COC(=O)c1ccc(NC(=O)c2ccc(N3CCCCS3(=O)=O)cc2Cl)cc1. The van der Waals surface area contributed by atoms with Crippen LogP contribution in [0.3, 0.4) is 0 Å². The second-order valence-corrected chi connectivity index (χ2v) is 8.70. The Morgan fingerprint density at radius 1 is 1.11 bits per heavy atom. The number of hydrogen-bond donors (Lipinski definition) is 1. The summed E-state index contributed by atoms with van der Waals surface area (Å²) in [4.78, 5) is 24.0. The molecule has 1 aliphatic rings. The zero-order valence-corrected chi connectivity index (χ0v) is 16.7. The lowest BCUT2D eigenvalue weighted by Gasteiger charge is -2.28. The number of anilines is 2. The van der Waals surface area contributed by atoms with E-state index >= 15 is 0 Å². The number of nitrogens with one attached hydrogen (secondary N) is 1. The summed E-state index contributed by atoms with van der Waals surface area (Å²) in [5.74, 6) is -0.804. The minimum absolute atomic E-state index is 0.106. The first-order chi connectivity index (χ1) is 13.3. The molecule has 0 saturated carbocycles. The summed E-state index contributed by atoms with van der Waals surface area (Å²) in [6.07, 6.45) is 1.42. The van der Waals surface area contributed by atoms with Crippen LogP contribution < -0.4 is 9.62 Å². The molecule has 0 bridgehead atoms. The molecule has 1 fully saturated rings. The number of carbonyl (C=O) groups is 2. The third-order valence-corrected chi connectivity index (χ3v) is 6.58. The highest BCUT2D eigenvalue weighted by atomic mass is 35.5. The van der Waals surface area contributed by atoms with E-state index in [2.05, 4.69) is 10.1 Å². The number of benzene rings is 2. The molecule has 0 radical (unpaired) electrons. The third-order valence-electron chi connectivity index (χ3n) is 4.40. The van der Waals surface area contributed by atoms with E-state index in [4.69, 9.17) is 11.6 Å². The van der Waals surface area contributed by atoms with Gasteiger partial charge in [0.25, 0.3) is 5.91 Å². The van der Waals surface area contributed by atoms with E-state index in [1.165, 1.54) is 35.7 Å². The lowest BCUT2D eigenvalue weighted by Crippen LogP contribution is -2.37. The molecular weight excluding hydrogens is 404 g/mol. The van der Waals surface area contributed by atoms with Crippen LogP contribution in [0.4, 0.5) is 11.4 Å². The van der Waals surface area contributed by atoms with Gasteiger partial charge in [0.1, 0.15) is 0 Å². The fourth-order valence-electron chi connectivity index (χ4n) is 2.93. The highest BCUT2D eigenvalue weighted by Crippen LogP contribution is 2.28. The minimum Gasteiger partial charge on any atom is -0.465 e. The number of nitrogens with zero attached hydrogens (tertiary/aromatic N) is 1. The Labute approximate surface area is 168 Å². The number of ether oxygens (including phenoxy) is 1. The van der Waals surface area contributed by atoms with Crippen LogP contribution in [0.2, 0.25) is 5.02 Å². The first-order valence-corrected chi connectivity index (χ1v) is 10.6. The molecule has 2 aromatic rings. The van der Waals surface area contributed by atoms with Gasteiger partial charge in [-0.2, -0.15) is 0 Å². The van der Waals surface area contributed by atoms with Gasteiger partial charge in [0.15, 0.2) is 0 Å². The fourth-order valence-corrected chi connectivity index (χ4v) is 4.82. The topological polar surface area (TPSA) is 92.8 Å². The van der Waals surface area contributed by atoms with Gasteiger partial charge in [0, 0.05) is 12.2 Å². The van der Waals surface area contributed by atoms with E-state index in [1.54, 1.807) is 18.2 Å². The molecule has 7 nitrogen and oxygen atoms in total. The Balaban J connectivity index is 1.76. The molecule has 0 spiro atoms. The maximum Gasteiger partial charge on any atom is 0.337 e. The van der Waals surface area contributed by atoms with Crippen molar-refractivity contribution in [3.8, 4) is 0 Å². The van der Waals surface area contributed by atoms with E-state index in [1.807, 2.05) is 0 Å². The molecule has 0 aromatic heterocycles. The summed E-state index contributed by atoms with van der Waals surface area (Å²) in [5, 5.41) is 2.85. The standard InChI is InChI=1S/C19H19ClN2O5S/c1-27-19(24)13-4-6-14(7-5-13)21-18(23)16-9-8-15(12-17(16)20)22-10-2-3-11-28(22,25)26/h4-9,12H,2-3,10-11H2,1H3,(H,21,23). The monoisotopic (exact) mass is 422 g/mol. The molecule has 0 atom stereocenters. The lowest BCUT2D eigenvalue weighted by molar-refractivity contribution is 0.0600. The van der Waals surface area contributed by atoms with E-state index in [0.717, 1.165) is 6.42 Å². The Morgan fingerprint density at radius 2 is 1.82 bits per heavy atom. The van der Waals surface area contributed by atoms with Crippen molar-refractivity contribution in [2.75, 3.05) is 29.0 Å². The average Bonchev–Trinajstić information content (AvgIpc) is 2.67. The number of methoxy groups -OCH3 is 1. The summed E-state index contributed by atoms with van der Waals surface area (Å²) in [6, 6.07) is 10.8. The van der Waals surface area contributed by atoms with Crippen LogP contribution in [0.5, 0.6) is 0 Å². The Bertz CT molecular complexity index is 1010. The van der Waals surface area contributed by atoms with Crippen LogP contribution in [0.25, 0.3) is 0 Å². The quantitative estimate of drug-likeness (QED) is 0.763. The van der Waals surface area contributed by atoms with Gasteiger partial charge >= 0.3 is 5.97 Å². The normalized spacial score (nSPS) is 15.7. The van der Waals surface area contributed by atoms with Crippen LogP contribution in [0.1, 0.15) is 33.6 Å². The molecule has 1 saturated heterocycles. The van der Waals surface area contributed by atoms with Gasteiger partial charge in [-0.3, -0.25) is 9.10 Å². The van der Waals surface area contributed by atoms with Crippen molar-refractivity contribution >= 4 is 44.9 Å². The predicted octanol–water partition coefficient (Wildman–Crippen LogP) is 3.31. The summed E-state index contributed by atoms with van der Waals surface area (Å²) >= 11 is 6.24. The van der Waals surface area contributed by atoms with Gasteiger partial charge in [-0.25, -0.2) is 13.2 Å². The Kier molecular flexibility index (Phi) is 5.90. The van der Waals surface area contributed by atoms with Crippen molar-refractivity contribution in [1.82, 2.24) is 0 Å². The average molecular weight is 423 g/mol. The molecule has 9 heteroatoms. The zero-order valence-electron chi connectivity index (χ0n) is 15.1. The molecule has 28 heavy (non-hydrogen) atoms. The van der Waals surface area contributed by atoms with Gasteiger partial charge in [-0.15, -0.1) is 0 Å². The highest BCUT2D eigenvalue weighted by Gasteiger charge is 2.26. The fraction of sp³-hybridized carbons (Fsp3) is 0.263. The lowest BCUT2D eigenvalue weighted by atomic mass is 10.1. The van der Waals surface area contributed by atoms with Gasteiger partial charge in [0.2, 0.25) is 10.0 Å². The second-order valence-electron chi connectivity index (χ2n) is 6.28. The number of carbonyl (C=O) groups excluding carboxylic acids is 2. The third kappa shape index (κ3) is 4.28. The Hall–Kier alpha value is -2.58. The molecule has 0 aliphatic carbocycles. The van der Waals surface area contributed by atoms with E-state index < -0.39 is 21.9 Å². The molecule has 1 amide bonds.